The summed E-state index contributed by atoms with van der Waals surface area (Å²) >= 11 is 0. The summed E-state index contributed by atoms with van der Waals surface area (Å²) in [5.74, 6) is 0.0331. The Morgan fingerprint density at radius 1 is 1.19 bits per heavy atom. The molecule has 12 nitrogen and oxygen atoms in total. The van der Waals surface area contributed by atoms with Crippen molar-refractivity contribution in [1.29, 1.82) is 0 Å². The highest BCUT2D eigenvalue weighted by molar-refractivity contribution is 6.00. The smallest absolute Gasteiger partial charge is 0.412 e. The molecule has 2 saturated heterocycles. The molecule has 0 radical (unpaired) electrons. The number of anilines is 2. The van der Waals surface area contributed by atoms with Crippen molar-refractivity contribution < 1.29 is 24.2 Å². The van der Waals surface area contributed by atoms with Crippen LogP contribution in [0.4, 0.5) is 16.4 Å². The first-order chi connectivity index (χ1) is 17.8. The number of hydrogen-bond donors (Lipinski definition) is 3. The van der Waals surface area contributed by atoms with Crippen molar-refractivity contribution in [2.45, 2.75) is 57.5 Å². The van der Waals surface area contributed by atoms with Gasteiger partial charge < -0.3 is 20.5 Å². The lowest BCUT2D eigenvalue weighted by Gasteiger charge is -2.39. The monoisotopic (exact) mass is 507 g/mol. The molecule has 2 fully saturated rings. The lowest BCUT2D eigenvalue weighted by molar-refractivity contribution is -0.138. The van der Waals surface area contributed by atoms with Gasteiger partial charge in [0.15, 0.2) is 11.4 Å². The molecule has 4 N–H and O–H groups in total. The number of nitrogen functional groups attached to an aromatic ring is 1. The van der Waals surface area contributed by atoms with Crippen molar-refractivity contribution in [3.05, 3.63) is 35.8 Å². The van der Waals surface area contributed by atoms with Gasteiger partial charge in [0.2, 0.25) is 5.91 Å². The zero-order valence-electron chi connectivity index (χ0n) is 20.7. The quantitative estimate of drug-likeness (QED) is 0.425. The van der Waals surface area contributed by atoms with Gasteiger partial charge in [0.25, 0.3) is 0 Å². The standard InChI is InChI=1S/C25H29N7O5/c1-3-37-25(36)29-19-7-4-14(10-27-19)18-11-28-32-23(26)21(13(2)34)22(30-24(18)32)15-8-16-5-6-17(9-15)31(16)20(35)12-33/h4,7,10-11,15-17,33H,3,5-6,8-9,12,26H2,1-2H3,(H,27,29,36). The SMILES string of the molecule is CCOC(=O)Nc1ccc(-c2cnn3c(N)c(C(C)=O)c(C4CC5CCC(C4)N5C(=O)CO)nc23)cn1. The molecular formula is C25H29N7O5. The van der Waals surface area contributed by atoms with Crippen molar-refractivity contribution in [3.8, 4) is 11.1 Å². The molecule has 0 spiro atoms. The molecule has 2 aliphatic rings. The van der Waals surface area contributed by atoms with Crippen LogP contribution in [0.15, 0.2) is 24.5 Å². The molecule has 0 aromatic carbocycles. The number of aliphatic hydroxyl groups is 1. The number of aromatic nitrogens is 4. The minimum atomic E-state index is -0.588. The van der Waals surface area contributed by atoms with Gasteiger partial charge in [-0.25, -0.2) is 14.8 Å². The fourth-order valence-corrected chi connectivity index (χ4v) is 5.68. The summed E-state index contributed by atoms with van der Waals surface area (Å²) in [5.41, 5.74) is 9.31. The molecule has 12 heteroatoms. The number of nitrogens with one attached hydrogen (secondary N) is 1. The molecule has 0 aliphatic carbocycles. The van der Waals surface area contributed by atoms with Crippen molar-refractivity contribution in [3.63, 3.8) is 0 Å². The number of Topliss-reactive ketones (excluding diaryl/α,β-unsaturated/α-hetero) is 1. The topological polar surface area (TPSA) is 165 Å². The summed E-state index contributed by atoms with van der Waals surface area (Å²) in [4.78, 5) is 47.7. The highest BCUT2D eigenvalue weighted by Gasteiger charge is 2.44. The van der Waals surface area contributed by atoms with E-state index in [0.29, 0.717) is 46.7 Å². The molecule has 2 aliphatic heterocycles. The number of nitrogens with two attached hydrogens (primary N) is 1. The lowest BCUT2D eigenvalue weighted by Crippen LogP contribution is -2.47. The van der Waals surface area contributed by atoms with Crippen molar-refractivity contribution in [2.24, 2.45) is 0 Å². The molecule has 3 aromatic heterocycles. The van der Waals surface area contributed by atoms with Gasteiger partial charge in [-0.3, -0.25) is 14.9 Å². The average molecular weight is 508 g/mol. The maximum absolute atomic E-state index is 12.7. The first-order valence-corrected chi connectivity index (χ1v) is 12.3. The molecule has 0 saturated carbocycles. The van der Waals surface area contributed by atoms with Crippen LogP contribution in [0, 0.1) is 0 Å². The average Bonchev–Trinajstić information content (AvgIpc) is 3.42. The molecule has 2 unspecified atom stereocenters. The van der Waals surface area contributed by atoms with E-state index in [9.17, 15) is 19.5 Å². The van der Waals surface area contributed by atoms with E-state index in [1.807, 2.05) is 0 Å². The lowest BCUT2D eigenvalue weighted by atomic mass is 9.85. The summed E-state index contributed by atoms with van der Waals surface area (Å²) in [6, 6.07) is 3.42. The number of pyridine rings is 1. The fraction of sp³-hybridized carbons (Fsp3) is 0.440. The number of ether oxygens (including phenoxy) is 1. The highest BCUT2D eigenvalue weighted by atomic mass is 16.5. The van der Waals surface area contributed by atoms with Crippen LogP contribution < -0.4 is 11.1 Å². The summed E-state index contributed by atoms with van der Waals surface area (Å²) in [5, 5.41) is 16.3. The number of piperidine rings is 1. The van der Waals surface area contributed by atoms with Gasteiger partial charge in [0, 0.05) is 35.3 Å². The van der Waals surface area contributed by atoms with Gasteiger partial charge >= 0.3 is 6.09 Å². The Kier molecular flexibility index (Phi) is 6.50. The molecule has 2 amide bonds. The number of aliphatic hydroxyl groups excluding tert-OH is 1. The number of amides is 2. The van der Waals surface area contributed by atoms with Gasteiger partial charge in [0.05, 0.1) is 24.1 Å². The van der Waals surface area contributed by atoms with Crippen molar-refractivity contribution in [1.82, 2.24) is 24.5 Å². The van der Waals surface area contributed by atoms with E-state index < -0.39 is 12.7 Å². The van der Waals surface area contributed by atoms with Gasteiger partial charge in [0.1, 0.15) is 18.2 Å². The number of carbonyl (C=O) groups excluding carboxylic acids is 3. The normalized spacial score (nSPS) is 20.7. The molecule has 2 atom stereocenters. The summed E-state index contributed by atoms with van der Waals surface area (Å²) < 4.78 is 6.33. The Balaban J connectivity index is 1.52. The number of rotatable bonds is 6. The third-order valence-corrected chi connectivity index (χ3v) is 7.19. The Labute approximate surface area is 212 Å². The van der Waals surface area contributed by atoms with Crippen LogP contribution in [0.1, 0.15) is 61.5 Å². The molecule has 5 rings (SSSR count). The Hall–Kier alpha value is -4.06. The highest BCUT2D eigenvalue weighted by Crippen LogP contribution is 2.44. The third-order valence-electron chi connectivity index (χ3n) is 7.19. The van der Waals surface area contributed by atoms with Crippen LogP contribution in [0.2, 0.25) is 0 Å². The predicted molar refractivity (Wildman–Crippen MR) is 134 cm³/mol. The number of carbonyl (C=O) groups is 3. The third kappa shape index (κ3) is 4.37. The number of nitrogens with zero attached hydrogens (tertiary/aromatic N) is 5. The van der Waals surface area contributed by atoms with Crippen molar-refractivity contribution >= 4 is 35.1 Å². The molecule has 194 valence electrons. The van der Waals surface area contributed by atoms with Crippen LogP contribution in [0.5, 0.6) is 0 Å². The van der Waals surface area contributed by atoms with Gasteiger partial charge in [-0.15, -0.1) is 0 Å². The maximum atomic E-state index is 12.7. The maximum Gasteiger partial charge on any atom is 0.412 e. The van der Waals surface area contributed by atoms with Gasteiger partial charge in [-0.1, -0.05) is 0 Å². The van der Waals surface area contributed by atoms with Crippen molar-refractivity contribution in [2.75, 3.05) is 24.3 Å². The zero-order valence-corrected chi connectivity index (χ0v) is 20.7. The minimum absolute atomic E-state index is 0.00418. The van der Waals surface area contributed by atoms with Crippen LogP contribution in [-0.4, -0.2) is 72.7 Å². The van der Waals surface area contributed by atoms with E-state index in [0.717, 1.165) is 12.8 Å². The van der Waals surface area contributed by atoms with Crippen LogP contribution in [-0.2, 0) is 9.53 Å². The first kappa shape index (κ1) is 24.6. The zero-order chi connectivity index (χ0) is 26.3. The molecule has 2 bridgehead atoms. The fourth-order valence-electron chi connectivity index (χ4n) is 5.68. The second kappa shape index (κ2) is 9.77. The first-order valence-electron chi connectivity index (χ1n) is 12.3. The number of ketones is 1. The number of hydrogen-bond acceptors (Lipinski definition) is 9. The van der Waals surface area contributed by atoms with E-state index in [1.165, 1.54) is 11.4 Å². The second-order valence-corrected chi connectivity index (χ2v) is 9.40. The Morgan fingerprint density at radius 2 is 1.92 bits per heavy atom. The van der Waals surface area contributed by atoms with Crippen LogP contribution >= 0.6 is 0 Å². The van der Waals surface area contributed by atoms with E-state index in [2.05, 4.69) is 15.4 Å². The molecule has 5 heterocycles. The summed E-state index contributed by atoms with van der Waals surface area (Å²) in [7, 11) is 0. The van der Waals surface area contributed by atoms with E-state index >= 15 is 0 Å². The molecule has 3 aromatic rings. The summed E-state index contributed by atoms with van der Waals surface area (Å²) in [6.45, 7) is 2.93. The van der Waals surface area contributed by atoms with E-state index in [1.54, 1.807) is 36.4 Å². The predicted octanol–water partition coefficient (Wildman–Crippen LogP) is 2.37. The van der Waals surface area contributed by atoms with E-state index in [-0.39, 0.29) is 42.1 Å². The number of fused-ring (bicyclic) bond motifs is 3. The summed E-state index contributed by atoms with van der Waals surface area (Å²) in [6.07, 6.45) is 5.62. The molecule has 37 heavy (non-hydrogen) atoms. The van der Waals surface area contributed by atoms with Crippen LogP contribution in [0.25, 0.3) is 16.8 Å². The molecular weight excluding hydrogens is 478 g/mol. The largest absolute Gasteiger partial charge is 0.450 e. The minimum Gasteiger partial charge on any atom is -0.450 e. The van der Waals surface area contributed by atoms with E-state index in [4.69, 9.17) is 15.5 Å². The van der Waals surface area contributed by atoms with Gasteiger partial charge in [-0.2, -0.15) is 9.61 Å². The Bertz CT molecular complexity index is 1360. The second-order valence-electron chi connectivity index (χ2n) is 9.40. The Morgan fingerprint density at radius 3 is 2.51 bits per heavy atom. The van der Waals surface area contributed by atoms with Crippen LogP contribution in [0.3, 0.4) is 0 Å². The van der Waals surface area contributed by atoms with Gasteiger partial charge in [-0.05, 0) is 51.7 Å².